The minimum Gasteiger partial charge on any atom is -0.497 e. The summed E-state index contributed by atoms with van der Waals surface area (Å²) in [5.74, 6) is 2.60. The molecule has 1 aromatic heterocycles. The molecule has 0 saturated heterocycles. The van der Waals surface area contributed by atoms with Gasteiger partial charge in [-0.15, -0.1) is 0 Å². The first-order valence-electron chi connectivity index (χ1n) is 6.06. The predicted molar refractivity (Wildman–Crippen MR) is 74.1 cm³/mol. The van der Waals surface area contributed by atoms with Gasteiger partial charge in [0.1, 0.15) is 22.5 Å². The van der Waals surface area contributed by atoms with Crippen LogP contribution in [-0.4, -0.2) is 17.1 Å². The van der Waals surface area contributed by atoms with E-state index in [1.807, 2.05) is 24.3 Å². The second kappa shape index (κ2) is 6.38. The topological polar surface area (TPSA) is 44.2 Å². The number of hydrogen-bond donors (Lipinski definition) is 0. The maximum Gasteiger partial charge on any atom is 0.224 e. The SMILES string of the molecule is CCCc1nc(Cl)cc(Oc2ccc(OC)cc2)n1. The van der Waals surface area contributed by atoms with Gasteiger partial charge >= 0.3 is 0 Å². The van der Waals surface area contributed by atoms with Gasteiger partial charge in [-0.3, -0.25) is 0 Å². The second-order valence-electron chi connectivity index (χ2n) is 3.97. The smallest absolute Gasteiger partial charge is 0.224 e. The number of hydrogen-bond acceptors (Lipinski definition) is 4. The lowest BCUT2D eigenvalue weighted by atomic mass is 10.3. The minimum atomic E-state index is 0.391. The normalized spacial score (nSPS) is 10.3. The van der Waals surface area contributed by atoms with Crippen LogP contribution < -0.4 is 9.47 Å². The van der Waals surface area contributed by atoms with Crippen LogP contribution >= 0.6 is 11.6 Å². The molecule has 5 heteroatoms. The summed E-state index contributed by atoms with van der Waals surface area (Å²) in [6.07, 6.45) is 1.74. The predicted octanol–water partition coefficient (Wildman–Crippen LogP) is 3.88. The van der Waals surface area contributed by atoms with Crippen LogP contribution in [0.25, 0.3) is 0 Å². The summed E-state index contributed by atoms with van der Waals surface area (Å²) in [6, 6.07) is 8.88. The van der Waals surface area contributed by atoms with Crippen molar-refractivity contribution in [3.8, 4) is 17.4 Å². The first-order chi connectivity index (χ1) is 9.21. The van der Waals surface area contributed by atoms with Gasteiger partial charge < -0.3 is 9.47 Å². The van der Waals surface area contributed by atoms with Crippen LogP contribution in [0.2, 0.25) is 5.15 Å². The standard InChI is InChI=1S/C14H15ClN2O2/c1-3-4-13-16-12(15)9-14(17-13)19-11-7-5-10(18-2)6-8-11/h5-9H,3-4H2,1-2H3. The molecule has 0 amide bonds. The molecular formula is C14H15ClN2O2. The first kappa shape index (κ1) is 13.6. The maximum atomic E-state index is 5.95. The largest absolute Gasteiger partial charge is 0.497 e. The van der Waals surface area contributed by atoms with Crippen molar-refractivity contribution in [3.63, 3.8) is 0 Å². The van der Waals surface area contributed by atoms with Crippen LogP contribution in [0.5, 0.6) is 17.4 Å². The summed E-state index contributed by atoms with van der Waals surface area (Å²) in [5, 5.41) is 0.391. The zero-order chi connectivity index (χ0) is 13.7. The molecule has 0 bridgehead atoms. The zero-order valence-corrected chi connectivity index (χ0v) is 11.6. The average molecular weight is 279 g/mol. The molecule has 0 atom stereocenters. The Hall–Kier alpha value is -1.81. The highest BCUT2D eigenvalue weighted by Crippen LogP contribution is 2.24. The van der Waals surface area contributed by atoms with E-state index in [0.717, 1.165) is 18.6 Å². The lowest BCUT2D eigenvalue weighted by Gasteiger charge is -2.07. The van der Waals surface area contributed by atoms with Crippen molar-refractivity contribution in [2.24, 2.45) is 0 Å². The molecular weight excluding hydrogens is 264 g/mol. The number of benzene rings is 1. The Kier molecular flexibility index (Phi) is 4.58. The molecule has 0 unspecified atom stereocenters. The molecule has 0 aliphatic heterocycles. The number of ether oxygens (including phenoxy) is 2. The van der Waals surface area contributed by atoms with E-state index >= 15 is 0 Å². The van der Waals surface area contributed by atoms with E-state index in [9.17, 15) is 0 Å². The van der Waals surface area contributed by atoms with E-state index in [-0.39, 0.29) is 0 Å². The molecule has 0 N–H and O–H groups in total. The molecule has 100 valence electrons. The van der Waals surface area contributed by atoms with Gasteiger partial charge in [0.2, 0.25) is 5.88 Å². The fourth-order valence-electron chi connectivity index (χ4n) is 1.59. The Morgan fingerprint density at radius 2 is 1.79 bits per heavy atom. The Labute approximate surface area is 117 Å². The Balaban J connectivity index is 2.17. The Morgan fingerprint density at radius 3 is 2.42 bits per heavy atom. The third-order valence-electron chi connectivity index (χ3n) is 2.47. The quantitative estimate of drug-likeness (QED) is 0.779. The number of rotatable bonds is 5. The number of aryl methyl sites for hydroxylation is 1. The molecule has 4 nitrogen and oxygen atoms in total. The molecule has 0 spiro atoms. The zero-order valence-electron chi connectivity index (χ0n) is 10.9. The summed E-state index contributed by atoms with van der Waals surface area (Å²) >= 11 is 5.95. The van der Waals surface area contributed by atoms with Gasteiger partial charge in [0.25, 0.3) is 0 Å². The van der Waals surface area contributed by atoms with Crippen molar-refractivity contribution in [1.82, 2.24) is 9.97 Å². The maximum absolute atomic E-state index is 5.95. The summed E-state index contributed by atoms with van der Waals surface area (Å²) < 4.78 is 10.7. The summed E-state index contributed by atoms with van der Waals surface area (Å²) in [6.45, 7) is 2.06. The molecule has 1 heterocycles. The van der Waals surface area contributed by atoms with Gasteiger partial charge in [-0.05, 0) is 30.7 Å². The minimum absolute atomic E-state index is 0.391. The lowest BCUT2D eigenvalue weighted by Crippen LogP contribution is -1.97. The fourth-order valence-corrected chi connectivity index (χ4v) is 1.79. The molecule has 0 aliphatic rings. The van der Waals surface area contributed by atoms with E-state index < -0.39 is 0 Å². The summed E-state index contributed by atoms with van der Waals surface area (Å²) in [4.78, 5) is 8.46. The third kappa shape index (κ3) is 3.83. The first-order valence-corrected chi connectivity index (χ1v) is 6.44. The molecule has 0 fully saturated rings. The van der Waals surface area contributed by atoms with Crippen molar-refractivity contribution >= 4 is 11.6 Å². The van der Waals surface area contributed by atoms with Crippen molar-refractivity contribution in [2.45, 2.75) is 19.8 Å². The van der Waals surface area contributed by atoms with Crippen molar-refractivity contribution in [2.75, 3.05) is 7.11 Å². The fraction of sp³-hybridized carbons (Fsp3) is 0.286. The van der Waals surface area contributed by atoms with Crippen LogP contribution in [0, 0.1) is 0 Å². The third-order valence-corrected chi connectivity index (χ3v) is 2.67. The van der Waals surface area contributed by atoms with E-state index in [2.05, 4.69) is 16.9 Å². The highest BCUT2D eigenvalue weighted by molar-refractivity contribution is 6.29. The average Bonchev–Trinajstić information content (AvgIpc) is 2.39. The van der Waals surface area contributed by atoms with Gasteiger partial charge in [0.05, 0.1) is 7.11 Å². The molecule has 1 aromatic carbocycles. The van der Waals surface area contributed by atoms with Crippen molar-refractivity contribution in [3.05, 3.63) is 41.3 Å². The lowest BCUT2D eigenvalue weighted by molar-refractivity contribution is 0.412. The van der Waals surface area contributed by atoms with Gasteiger partial charge in [-0.25, -0.2) is 4.98 Å². The molecule has 0 saturated carbocycles. The highest BCUT2D eigenvalue weighted by atomic mass is 35.5. The van der Waals surface area contributed by atoms with Crippen molar-refractivity contribution in [1.29, 1.82) is 0 Å². The Bertz CT molecular complexity index is 544. The molecule has 0 radical (unpaired) electrons. The van der Waals surface area contributed by atoms with E-state index in [4.69, 9.17) is 21.1 Å². The second-order valence-corrected chi connectivity index (χ2v) is 4.36. The van der Waals surface area contributed by atoms with E-state index in [0.29, 0.717) is 22.6 Å². The summed E-state index contributed by atoms with van der Waals surface area (Å²) in [5.41, 5.74) is 0. The van der Waals surface area contributed by atoms with Crippen LogP contribution in [0.4, 0.5) is 0 Å². The molecule has 19 heavy (non-hydrogen) atoms. The molecule has 2 rings (SSSR count). The van der Waals surface area contributed by atoms with Crippen LogP contribution in [0.3, 0.4) is 0 Å². The monoisotopic (exact) mass is 278 g/mol. The number of nitrogens with zero attached hydrogens (tertiary/aromatic N) is 2. The van der Waals surface area contributed by atoms with E-state index in [1.54, 1.807) is 13.2 Å². The van der Waals surface area contributed by atoms with Gasteiger partial charge in [-0.1, -0.05) is 18.5 Å². The summed E-state index contributed by atoms with van der Waals surface area (Å²) in [7, 11) is 1.62. The van der Waals surface area contributed by atoms with Gasteiger partial charge in [-0.2, -0.15) is 4.98 Å². The molecule has 0 aliphatic carbocycles. The number of methoxy groups -OCH3 is 1. The highest BCUT2D eigenvalue weighted by Gasteiger charge is 2.05. The van der Waals surface area contributed by atoms with Crippen LogP contribution in [0.15, 0.2) is 30.3 Å². The van der Waals surface area contributed by atoms with Crippen LogP contribution in [-0.2, 0) is 6.42 Å². The molecule has 2 aromatic rings. The van der Waals surface area contributed by atoms with E-state index in [1.165, 1.54) is 0 Å². The van der Waals surface area contributed by atoms with Gasteiger partial charge in [0, 0.05) is 12.5 Å². The Morgan fingerprint density at radius 1 is 1.11 bits per heavy atom. The number of aromatic nitrogens is 2. The van der Waals surface area contributed by atoms with Crippen molar-refractivity contribution < 1.29 is 9.47 Å². The van der Waals surface area contributed by atoms with Gasteiger partial charge in [0.15, 0.2) is 0 Å². The number of halogens is 1. The van der Waals surface area contributed by atoms with Crippen LogP contribution in [0.1, 0.15) is 19.2 Å².